The van der Waals surface area contributed by atoms with Crippen LogP contribution in [0.4, 0.5) is 11.4 Å². The molecular weight excluding hydrogens is 160 g/mol. The molecule has 2 N–H and O–H groups in total. The van der Waals surface area contributed by atoms with Gasteiger partial charge in [0.15, 0.2) is 0 Å². The number of anilines is 2. The first-order valence-electron chi connectivity index (χ1n) is 5.07. The van der Waals surface area contributed by atoms with Crippen molar-refractivity contribution in [3.05, 3.63) is 23.3 Å². The smallest absolute Gasteiger partial charge is 0.0426 e. The molecule has 0 unspecified atom stereocenters. The molecule has 0 bridgehead atoms. The zero-order chi connectivity index (χ0) is 8.67. The van der Waals surface area contributed by atoms with Crippen molar-refractivity contribution in [3.8, 4) is 0 Å². The van der Waals surface area contributed by atoms with Gasteiger partial charge >= 0.3 is 0 Å². The van der Waals surface area contributed by atoms with Crippen molar-refractivity contribution in [2.24, 2.45) is 0 Å². The Labute approximate surface area is 78.3 Å². The van der Waals surface area contributed by atoms with E-state index in [9.17, 15) is 0 Å². The Morgan fingerprint density at radius 2 is 2.00 bits per heavy atom. The van der Waals surface area contributed by atoms with Gasteiger partial charge in [0, 0.05) is 24.5 Å². The van der Waals surface area contributed by atoms with Crippen LogP contribution in [0.5, 0.6) is 0 Å². The Bertz CT molecular complexity index is 344. The van der Waals surface area contributed by atoms with E-state index in [1.54, 1.807) is 0 Å². The van der Waals surface area contributed by atoms with E-state index in [2.05, 4.69) is 22.8 Å². The molecule has 0 saturated heterocycles. The van der Waals surface area contributed by atoms with Gasteiger partial charge in [0.1, 0.15) is 0 Å². The van der Waals surface area contributed by atoms with Crippen molar-refractivity contribution in [2.75, 3.05) is 23.7 Å². The van der Waals surface area contributed by atoms with Gasteiger partial charge in [0.05, 0.1) is 0 Å². The SMILES string of the molecule is c1cc2c(c3c1CCN3)CCCN2. The second-order valence-corrected chi connectivity index (χ2v) is 3.83. The molecule has 3 rings (SSSR count). The maximum absolute atomic E-state index is 3.49. The van der Waals surface area contributed by atoms with E-state index in [-0.39, 0.29) is 0 Å². The third-order valence-electron chi connectivity index (χ3n) is 3.01. The van der Waals surface area contributed by atoms with E-state index in [0.717, 1.165) is 13.1 Å². The third kappa shape index (κ3) is 1.01. The van der Waals surface area contributed by atoms with Crippen LogP contribution in [0, 0.1) is 0 Å². The quantitative estimate of drug-likeness (QED) is 0.628. The Kier molecular flexibility index (Phi) is 1.48. The van der Waals surface area contributed by atoms with Crippen molar-refractivity contribution in [1.82, 2.24) is 0 Å². The van der Waals surface area contributed by atoms with E-state index >= 15 is 0 Å². The molecule has 68 valence electrons. The van der Waals surface area contributed by atoms with Crippen LogP contribution in [0.1, 0.15) is 17.5 Å². The lowest BCUT2D eigenvalue weighted by Crippen LogP contribution is -2.13. The first-order valence-corrected chi connectivity index (χ1v) is 5.07. The van der Waals surface area contributed by atoms with E-state index in [1.165, 1.54) is 41.8 Å². The van der Waals surface area contributed by atoms with Gasteiger partial charge in [-0.05, 0) is 36.5 Å². The minimum Gasteiger partial charge on any atom is -0.385 e. The van der Waals surface area contributed by atoms with Gasteiger partial charge < -0.3 is 10.6 Å². The summed E-state index contributed by atoms with van der Waals surface area (Å²) in [5, 5.41) is 6.94. The van der Waals surface area contributed by atoms with Crippen LogP contribution in [0.2, 0.25) is 0 Å². The summed E-state index contributed by atoms with van der Waals surface area (Å²) < 4.78 is 0. The Morgan fingerprint density at radius 1 is 1.00 bits per heavy atom. The zero-order valence-corrected chi connectivity index (χ0v) is 7.69. The molecule has 0 amide bonds. The lowest BCUT2D eigenvalue weighted by Gasteiger charge is -2.20. The lowest BCUT2D eigenvalue weighted by molar-refractivity contribution is 0.831. The van der Waals surface area contributed by atoms with Crippen molar-refractivity contribution >= 4 is 11.4 Å². The van der Waals surface area contributed by atoms with Gasteiger partial charge in [-0.15, -0.1) is 0 Å². The fourth-order valence-corrected chi connectivity index (χ4v) is 2.36. The van der Waals surface area contributed by atoms with E-state index in [1.807, 2.05) is 0 Å². The molecule has 2 heterocycles. The summed E-state index contributed by atoms with van der Waals surface area (Å²) in [6.07, 6.45) is 3.70. The van der Waals surface area contributed by atoms with Crippen molar-refractivity contribution < 1.29 is 0 Å². The summed E-state index contributed by atoms with van der Waals surface area (Å²) >= 11 is 0. The third-order valence-corrected chi connectivity index (χ3v) is 3.01. The molecular formula is C11H14N2. The second kappa shape index (κ2) is 2.66. The summed E-state index contributed by atoms with van der Waals surface area (Å²) in [4.78, 5) is 0. The molecule has 0 saturated carbocycles. The molecule has 0 aliphatic carbocycles. The molecule has 1 aromatic carbocycles. The Morgan fingerprint density at radius 3 is 3.00 bits per heavy atom. The first kappa shape index (κ1) is 7.25. The average molecular weight is 174 g/mol. The minimum absolute atomic E-state index is 1.12. The number of fused-ring (bicyclic) bond motifs is 3. The van der Waals surface area contributed by atoms with Gasteiger partial charge in [-0.25, -0.2) is 0 Å². The average Bonchev–Trinajstić information content (AvgIpc) is 2.65. The fraction of sp³-hybridized carbons (Fsp3) is 0.455. The van der Waals surface area contributed by atoms with Crippen LogP contribution in [0.25, 0.3) is 0 Å². The van der Waals surface area contributed by atoms with Crippen LogP contribution in [-0.4, -0.2) is 13.1 Å². The molecule has 2 nitrogen and oxygen atoms in total. The molecule has 1 aromatic rings. The van der Waals surface area contributed by atoms with E-state index < -0.39 is 0 Å². The number of rotatable bonds is 0. The molecule has 0 atom stereocenters. The van der Waals surface area contributed by atoms with E-state index in [0.29, 0.717) is 0 Å². The zero-order valence-electron chi connectivity index (χ0n) is 7.69. The Balaban J connectivity index is 2.17. The van der Waals surface area contributed by atoms with Crippen LogP contribution in [0.3, 0.4) is 0 Å². The van der Waals surface area contributed by atoms with Crippen LogP contribution in [-0.2, 0) is 12.8 Å². The summed E-state index contributed by atoms with van der Waals surface area (Å²) in [6.45, 7) is 2.25. The van der Waals surface area contributed by atoms with Gasteiger partial charge in [-0.2, -0.15) is 0 Å². The molecule has 2 aliphatic rings. The van der Waals surface area contributed by atoms with Gasteiger partial charge in [-0.3, -0.25) is 0 Å². The largest absolute Gasteiger partial charge is 0.385 e. The summed E-state index contributed by atoms with van der Waals surface area (Å²) in [5.74, 6) is 0. The minimum atomic E-state index is 1.12. The molecule has 0 fully saturated rings. The summed E-state index contributed by atoms with van der Waals surface area (Å²) in [5.41, 5.74) is 5.79. The maximum atomic E-state index is 3.49. The summed E-state index contributed by atoms with van der Waals surface area (Å²) in [6, 6.07) is 4.49. The number of nitrogens with one attached hydrogen (secondary N) is 2. The molecule has 13 heavy (non-hydrogen) atoms. The molecule has 2 heteroatoms. The van der Waals surface area contributed by atoms with Crippen LogP contribution < -0.4 is 10.6 Å². The number of hydrogen-bond acceptors (Lipinski definition) is 2. The highest BCUT2D eigenvalue weighted by Crippen LogP contribution is 2.34. The van der Waals surface area contributed by atoms with Crippen molar-refractivity contribution in [2.45, 2.75) is 19.3 Å². The number of hydrogen-bond donors (Lipinski definition) is 2. The second-order valence-electron chi connectivity index (χ2n) is 3.83. The topological polar surface area (TPSA) is 24.1 Å². The number of benzene rings is 1. The molecule has 0 spiro atoms. The van der Waals surface area contributed by atoms with Crippen LogP contribution in [0.15, 0.2) is 12.1 Å². The molecule has 0 aromatic heterocycles. The molecule has 2 aliphatic heterocycles. The summed E-state index contributed by atoms with van der Waals surface area (Å²) in [7, 11) is 0. The highest BCUT2D eigenvalue weighted by atomic mass is 14.9. The Hall–Kier alpha value is -1.18. The standard InChI is InChI=1S/C11H14N2/c1-2-9-10(12-6-1)4-3-8-5-7-13-11(8)9/h3-4,12-13H,1-2,5-7H2. The predicted molar refractivity (Wildman–Crippen MR) is 55.4 cm³/mol. The highest BCUT2D eigenvalue weighted by molar-refractivity contribution is 5.72. The fourth-order valence-electron chi connectivity index (χ4n) is 2.36. The van der Waals surface area contributed by atoms with Crippen molar-refractivity contribution in [1.29, 1.82) is 0 Å². The van der Waals surface area contributed by atoms with Gasteiger partial charge in [-0.1, -0.05) is 6.07 Å². The van der Waals surface area contributed by atoms with Gasteiger partial charge in [0.25, 0.3) is 0 Å². The van der Waals surface area contributed by atoms with Crippen LogP contribution >= 0.6 is 0 Å². The van der Waals surface area contributed by atoms with E-state index in [4.69, 9.17) is 0 Å². The predicted octanol–water partition coefficient (Wildman–Crippen LogP) is 2.01. The molecule has 0 radical (unpaired) electrons. The first-order chi connectivity index (χ1) is 6.45. The lowest BCUT2D eigenvalue weighted by atomic mass is 9.98. The normalized spacial score (nSPS) is 18.5. The highest BCUT2D eigenvalue weighted by Gasteiger charge is 2.18. The van der Waals surface area contributed by atoms with Crippen molar-refractivity contribution in [3.63, 3.8) is 0 Å². The van der Waals surface area contributed by atoms with Gasteiger partial charge in [0.2, 0.25) is 0 Å². The maximum Gasteiger partial charge on any atom is 0.0426 e. The monoisotopic (exact) mass is 174 g/mol.